The molecule has 1 aromatic heterocycles. The van der Waals surface area contributed by atoms with E-state index >= 15 is 0 Å². The first-order chi connectivity index (χ1) is 7.15. The molecular weight excluding hydrogens is 232 g/mol. The predicted octanol–water partition coefficient (Wildman–Crippen LogP) is 1.33. The molecule has 1 aliphatic rings. The Morgan fingerprint density at radius 3 is 2.87 bits per heavy atom. The van der Waals surface area contributed by atoms with Gasteiger partial charge in [0.1, 0.15) is 5.01 Å². The fourth-order valence-electron chi connectivity index (χ4n) is 1.87. The summed E-state index contributed by atoms with van der Waals surface area (Å²) in [7, 11) is 4.27. The standard InChI is InChI=1S/C9H15ClN4S/c1-13(2)7-3-4-14(5-7)6-8-11-12-9(10)15-8/h7H,3-6H2,1-2H3. The van der Waals surface area contributed by atoms with E-state index in [9.17, 15) is 0 Å². The molecule has 2 heterocycles. The Balaban J connectivity index is 1.87. The van der Waals surface area contributed by atoms with Crippen molar-refractivity contribution in [2.45, 2.75) is 19.0 Å². The Labute approximate surface area is 98.9 Å². The minimum Gasteiger partial charge on any atom is -0.305 e. The molecule has 4 nitrogen and oxygen atoms in total. The van der Waals surface area contributed by atoms with Gasteiger partial charge in [0.15, 0.2) is 0 Å². The van der Waals surface area contributed by atoms with Gasteiger partial charge >= 0.3 is 0 Å². The second-order valence-corrected chi connectivity index (χ2v) is 5.73. The average Bonchev–Trinajstić information content (AvgIpc) is 2.76. The van der Waals surface area contributed by atoms with Gasteiger partial charge in [-0.1, -0.05) is 11.3 Å². The van der Waals surface area contributed by atoms with E-state index in [0.29, 0.717) is 10.5 Å². The zero-order valence-electron chi connectivity index (χ0n) is 8.98. The molecule has 84 valence electrons. The van der Waals surface area contributed by atoms with Crippen LogP contribution < -0.4 is 0 Å². The monoisotopic (exact) mass is 246 g/mol. The molecule has 0 aliphatic carbocycles. The summed E-state index contributed by atoms with van der Waals surface area (Å²) in [5, 5.41) is 8.85. The van der Waals surface area contributed by atoms with Crippen molar-refractivity contribution in [2.75, 3.05) is 27.2 Å². The fourth-order valence-corrected chi connectivity index (χ4v) is 2.78. The van der Waals surface area contributed by atoms with Crippen molar-refractivity contribution >= 4 is 22.9 Å². The van der Waals surface area contributed by atoms with E-state index in [-0.39, 0.29) is 0 Å². The smallest absolute Gasteiger partial charge is 0.207 e. The highest BCUT2D eigenvalue weighted by Crippen LogP contribution is 2.20. The summed E-state index contributed by atoms with van der Waals surface area (Å²) in [6, 6.07) is 0.674. The third kappa shape index (κ3) is 2.87. The fraction of sp³-hybridized carbons (Fsp3) is 0.778. The number of hydrogen-bond donors (Lipinski definition) is 0. The molecule has 1 atom stereocenters. The summed E-state index contributed by atoms with van der Waals surface area (Å²) in [4.78, 5) is 4.69. The molecule has 15 heavy (non-hydrogen) atoms. The van der Waals surface area contributed by atoms with Gasteiger partial charge < -0.3 is 4.90 Å². The summed E-state index contributed by atoms with van der Waals surface area (Å²) < 4.78 is 0.536. The Hall–Kier alpha value is -0.230. The van der Waals surface area contributed by atoms with Crippen molar-refractivity contribution in [1.29, 1.82) is 0 Å². The van der Waals surface area contributed by atoms with E-state index in [1.807, 2.05) is 0 Å². The van der Waals surface area contributed by atoms with Gasteiger partial charge in [-0.15, -0.1) is 10.2 Å². The lowest BCUT2D eigenvalue weighted by atomic mass is 10.2. The van der Waals surface area contributed by atoms with Gasteiger partial charge in [0.05, 0.1) is 6.54 Å². The van der Waals surface area contributed by atoms with Crippen LogP contribution >= 0.6 is 22.9 Å². The highest BCUT2D eigenvalue weighted by Gasteiger charge is 2.24. The second kappa shape index (κ2) is 4.74. The molecule has 2 rings (SSSR count). The van der Waals surface area contributed by atoms with Gasteiger partial charge in [-0.05, 0) is 32.1 Å². The lowest BCUT2D eigenvalue weighted by molar-refractivity contribution is 0.264. The van der Waals surface area contributed by atoms with Crippen molar-refractivity contribution in [2.24, 2.45) is 0 Å². The number of aromatic nitrogens is 2. The molecule has 0 N–H and O–H groups in total. The molecule has 6 heteroatoms. The Kier molecular flexibility index (Phi) is 3.56. The van der Waals surface area contributed by atoms with Gasteiger partial charge in [0.25, 0.3) is 0 Å². The van der Waals surface area contributed by atoms with Gasteiger partial charge in [-0.3, -0.25) is 4.90 Å². The molecular formula is C9H15ClN4S. The SMILES string of the molecule is CN(C)C1CCN(Cc2nnc(Cl)s2)C1. The van der Waals surface area contributed by atoms with Crippen LogP contribution in [-0.4, -0.2) is 53.2 Å². The number of halogens is 1. The molecule has 0 radical (unpaired) electrons. The highest BCUT2D eigenvalue weighted by molar-refractivity contribution is 7.15. The van der Waals surface area contributed by atoms with E-state index in [1.165, 1.54) is 17.8 Å². The minimum absolute atomic E-state index is 0.536. The van der Waals surface area contributed by atoms with Crippen LogP contribution in [0.2, 0.25) is 4.47 Å². The van der Waals surface area contributed by atoms with Crippen LogP contribution in [0.5, 0.6) is 0 Å². The number of likely N-dealkylation sites (N-methyl/N-ethyl adjacent to an activating group) is 1. The number of hydrogen-bond acceptors (Lipinski definition) is 5. The van der Waals surface area contributed by atoms with Crippen molar-refractivity contribution in [3.05, 3.63) is 9.47 Å². The van der Waals surface area contributed by atoms with Crippen molar-refractivity contribution in [1.82, 2.24) is 20.0 Å². The summed E-state index contributed by atoms with van der Waals surface area (Å²) in [5.74, 6) is 0. The molecule has 0 amide bonds. The summed E-state index contributed by atoms with van der Waals surface area (Å²) >= 11 is 7.22. The van der Waals surface area contributed by atoms with E-state index in [2.05, 4.69) is 34.1 Å². The van der Waals surface area contributed by atoms with E-state index in [1.54, 1.807) is 0 Å². The topological polar surface area (TPSA) is 32.3 Å². The zero-order valence-corrected chi connectivity index (χ0v) is 10.6. The normalized spacial score (nSPS) is 22.8. The molecule has 1 fully saturated rings. The van der Waals surface area contributed by atoms with Crippen LogP contribution in [-0.2, 0) is 6.54 Å². The molecule has 0 aromatic carbocycles. The van der Waals surface area contributed by atoms with Crippen LogP contribution in [0.4, 0.5) is 0 Å². The van der Waals surface area contributed by atoms with Crippen LogP contribution in [0.25, 0.3) is 0 Å². The first-order valence-corrected chi connectivity index (χ1v) is 6.21. The average molecular weight is 247 g/mol. The van der Waals surface area contributed by atoms with Gasteiger partial charge in [0.2, 0.25) is 4.47 Å². The Morgan fingerprint density at radius 1 is 1.53 bits per heavy atom. The molecule has 1 aromatic rings. The van der Waals surface area contributed by atoms with E-state index in [4.69, 9.17) is 11.6 Å². The van der Waals surface area contributed by atoms with Crippen LogP contribution in [0.15, 0.2) is 0 Å². The maximum atomic E-state index is 5.74. The van der Waals surface area contributed by atoms with Gasteiger partial charge in [0, 0.05) is 19.1 Å². The molecule has 0 saturated carbocycles. The summed E-state index contributed by atoms with van der Waals surface area (Å²) in [6.45, 7) is 3.14. The predicted molar refractivity (Wildman–Crippen MR) is 62.3 cm³/mol. The highest BCUT2D eigenvalue weighted by atomic mass is 35.5. The zero-order chi connectivity index (χ0) is 10.8. The van der Waals surface area contributed by atoms with Crippen molar-refractivity contribution < 1.29 is 0 Å². The molecule has 0 spiro atoms. The Bertz CT molecular complexity index is 328. The van der Waals surface area contributed by atoms with Gasteiger partial charge in [-0.2, -0.15) is 0 Å². The quantitative estimate of drug-likeness (QED) is 0.806. The number of likely N-dealkylation sites (tertiary alicyclic amines) is 1. The third-order valence-electron chi connectivity index (χ3n) is 2.78. The largest absolute Gasteiger partial charge is 0.305 e. The lowest BCUT2D eigenvalue weighted by Crippen LogP contribution is -2.31. The van der Waals surface area contributed by atoms with Crippen molar-refractivity contribution in [3.63, 3.8) is 0 Å². The first-order valence-electron chi connectivity index (χ1n) is 5.02. The molecule has 0 bridgehead atoms. The maximum absolute atomic E-state index is 5.74. The lowest BCUT2D eigenvalue weighted by Gasteiger charge is -2.19. The maximum Gasteiger partial charge on any atom is 0.207 e. The van der Waals surface area contributed by atoms with Crippen molar-refractivity contribution in [3.8, 4) is 0 Å². The van der Waals surface area contributed by atoms with E-state index in [0.717, 1.165) is 24.6 Å². The number of rotatable bonds is 3. The Morgan fingerprint density at radius 2 is 2.33 bits per heavy atom. The summed E-state index contributed by atoms with van der Waals surface area (Å²) in [6.07, 6.45) is 1.24. The molecule has 1 unspecified atom stereocenters. The second-order valence-electron chi connectivity index (χ2n) is 4.09. The molecule has 1 aliphatic heterocycles. The molecule has 1 saturated heterocycles. The van der Waals surface area contributed by atoms with E-state index < -0.39 is 0 Å². The third-order valence-corrected chi connectivity index (χ3v) is 3.78. The first kappa shape index (κ1) is 11.3. The van der Waals surface area contributed by atoms with Gasteiger partial charge in [-0.25, -0.2) is 0 Å². The van der Waals surface area contributed by atoms with Crippen LogP contribution in [0.3, 0.4) is 0 Å². The van der Waals surface area contributed by atoms with Crippen LogP contribution in [0.1, 0.15) is 11.4 Å². The minimum atomic E-state index is 0.536. The summed E-state index contributed by atoms with van der Waals surface area (Å²) in [5.41, 5.74) is 0. The van der Waals surface area contributed by atoms with Crippen LogP contribution in [0, 0.1) is 0 Å². The number of nitrogens with zero attached hydrogens (tertiary/aromatic N) is 4.